The van der Waals surface area contributed by atoms with E-state index >= 15 is 0 Å². The van der Waals surface area contributed by atoms with Crippen LogP contribution in [0.15, 0.2) is 48.9 Å². The lowest BCUT2D eigenvalue weighted by molar-refractivity contribution is -0.274. The second-order valence-electron chi connectivity index (χ2n) is 5.68. The van der Waals surface area contributed by atoms with Gasteiger partial charge in [0, 0.05) is 18.1 Å². The van der Waals surface area contributed by atoms with Gasteiger partial charge in [0.25, 0.3) is 0 Å². The molecule has 0 aliphatic rings. The van der Waals surface area contributed by atoms with Crippen LogP contribution in [0.25, 0.3) is 17.2 Å². The predicted octanol–water partition coefficient (Wildman–Crippen LogP) is 4.07. The molecule has 4 rings (SSSR count). The molecule has 0 radical (unpaired) electrons. The topological polar surface area (TPSA) is 80.1 Å². The second-order valence-corrected chi connectivity index (χ2v) is 5.68. The van der Waals surface area contributed by atoms with E-state index in [2.05, 4.69) is 30.0 Å². The van der Waals surface area contributed by atoms with E-state index in [1.54, 1.807) is 18.5 Å². The fraction of sp³-hybridized carbons (Fsp3) is 0.118. The van der Waals surface area contributed by atoms with E-state index in [4.69, 9.17) is 0 Å². The summed E-state index contributed by atoms with van der Waals surface area (Å²) in [6, 6.07) is 7.18. The van der Waals surface area contributed by atoms with E-state index in [1.165, 1.54) is 24.3 Å². The molecule has 4 aromatic rings. The number of halogens is 3. The number of H-pyrrole nitrogens is 1. The predicted molar refractivity (Wildman–Crippen MR) is 91.7 cm³/mol. The summed E-state index contributed by atoms with van der Waals surface area (Å²) < 4.78 is 42.3. The number of aromatic nitrogens is 5. The fourth-order valence-corrected chi connectivity index (χ4v) is 2.70. The van der Waals surface area contributed by atoms with Gasteiger partial charge in [-0.05, 0) is 37.3 Å². The van der Waals surface area contributed by atoms with Crippen molar-refractivity contribution in [3.05, 3.63) is 54.6 Å². The summed E-state index contributed by atoms with van der Waals surface area (Å²) in [4.78, 5) is 16.0. The number of imidazole rings is 2. The van der Waals surface area contributed by atoms with Crippen molar-refractivity contribution < 1.29 is 17.9 Å². The van der Waals surface area contributed by atoms with E-state index in [9.17, 15) is 13.2 Å². The van der Waals surface area contributed by atoms with Crippen molar-refractivity contribution in [2.45, 2.75) is 13.3 Å². The van der Waals surface area contributed by atoms with Crippen molar-refractivity contribution in [3.63, 3.8) is 0 Å². The number of aromatic amines is 1. The normalized spacial score (nSPS) is 11.7. The Morgan fingerprint density at radius 2 is 1.93 bits per heavy atom. The molecule has 2 N–H and O–H groups in total. The van der Waals surface area contributed by atoms with Crippen LogP contribution >= 0.6 is 0 Å². The molecule has 0 unspecified atom stereocenters. The first-order valence-electron chi connectivity index (χ1n) is 7.87. The minimum atomic E-state index is -4.72. The van der Waals surface area contributed by atoms with E-state index < -0.39 is 6.36 Å². The average Bonchev–Trinajstić information content (AvgIpc) is 3.18. The van der Waals surface area contributed by atoms with Crippen LogP contribution in [0, 0.1) is 6.92 Å². The average molecular weight is 374 g/mol. The van der Waals surface area contributed by atoms with E-state index in [0.29, 0.717) is 17.4 Å². The van der Waals surface area contributed by atoms with Crippen LogP contribution in [-0.2, 0) is 0 Å². The number of nitrogens with zero attached hydrogens (tertiary/aromatic N) is 4. The minimum absolute atomic E-state index is 0.290. The van der Waals surface area contributed by atoms with Crippen LogP contribution in [0.5, 0.6) is 5.75 Å². The molecule has 3 aromatic heterocycles. The van der Waals surface area contributed by atoms with Gasteiger partial charge in [-0.2, -0.15) is 0 Å². The fourth-order valence-electron chi connectivity index (χ4n) is 2.70. The highest BCUT2D eigenvalue weighted by Crippen LogP contribution is 2.26. The number of fused-ring (bicyclic) bond motifs is 1. The van der Waals surface area contributed by atoms with Gasteiger partial charge in [0.2, 0.25) is 11.7 Å². The molecule has 0 atom stereocenters. The molecule has 0 fully saturated rings. The van der Waals surface area contributed by atoms with Crippen LogP contribution < -0.4 is 10.1 Å². The third-order valence-electron chi connectivity index (χ3n) is 3.76. The number of hydrogen-bond acceptors (Lipinski definition) is 5. The zero-order valence-electron chi connectivity index (χ0n) is 13.9. The molecular formula is C17H13F3N6O. The minimum Gasteiger partial charge on any atom is -0.406 e. The number of aryl methyl sites for hydroxylation is 1. The molecule has 7 nitrogen and oxygen atoms in total. The Bertz CT molecular complexity index is 1080. The molecule has 0 saturated carbocycles. The summed E-state index contributed by atoms with van der Waals surface area (Å²) in [5.41, 5.74) is 2.90. The monoisotopic (exact) mass is 374 g/mol. The largest absolute Gasteiger partial charge is 0.573 e. The molecule has 0 bridgehead atoms. The summed E-state index contributed by atoms with van der Waals surface area (Å²) in [7, 11) is 0. The van der Waals surface area contributed by atoms with Gasteiger partial charge in [0.05, 0.1) is 23.3 Å². The van der Waals surface area contributed by atoms with Crippen LogP contribution in [0.3, 0.4) is 0 Å². The number of hydrogen-bond donors (Lipinski definition) is 2. The Balaban J connectivity index is 1.55. The van der Waals surface area contributed by atoms with E-state index in [-0.39, 0.29) is 5.75 Å². The molecular weight excluding hydrogens is 361 g/mol. The van der Waals surface area contributed by atoms with Crippen LogP contribution in [0.4, 0.5) is 24.8 Å². The highest BCUT2D eigenvalue weighted by Gasteiger charge is 2.30. The van der Waals surface area contributed by atoms with Gasteiger partial charge >= 0.3 is 6.36 Å². The molecule has 10 heteroatoms. The zero-order valence-corrected chi connectivity index (χ0v) is 13.9. The molecule has 27 heavy (non-hydrogen) atoms. The quantitative estimate of drug-likeness (QED) is 0.563. The van der Waals surface area contributed by atoms with Crippen LogP contribution in [0.2, 0.25) is 0 Å². The van der Waals surface area contributed by atoms with Gasteiger partial charge < -0.3 is 15.0 Å². The number of benzene rings is 1. The van der Waals surface area contributed by atoms with Crippen molar-refractivity contribution >= 4 is 17.4 Å². The zero-order chi connectivity index (χ0) is 19.0. The Morgan fingerprint density at radius 3 is 2.67 bits per heavy atom. The van der Waals surface area contributed by atoms with Crippen LogP contribution in [-0.4, -0.2) is 30.7 Å². The summed E-state index contributed by atoms with van der Waals surface area (Å²) in [5.74, 6) is 0.726. The third-order valence-corrected chi connectivity index (χ3v) is 3.76. The SMILES string of the molecule is Cc1nc2ncccn2c1-c1cnc(Nc2ccc(OC(F)(F)F)cc2)[nH]1. The molecule has 0 aliphatic heterocycles. The lowest BCUT2D eigenvalue weighted by Crippen LogP contribution is -2.16. The first kappa shape index (κ1) is 16.9. The molecule has 0 aliphatic carbocycles. The van der Waals surface area contributed by atoms with Crippen LogP contribution in [0.1, 0.15) is 5.69 Å². The Morgan fingerprint density at radius 1 is 1.15 bits per heavy atom. The third kappa shape index (κ3) is 3.54. The Labute approximate surface area is 150 Å². The van der Waals surface area contributed by atoms with Crippen molar-refractivity contribution in [1.29, 1.82) is 0 Å². The summed E-state index contributed by atoms with van der Waals surface area (Å²) >= 11 is 0. The molecule has 0 amide bonds. The lowest BCUT2D eigenvalue weighted by Gasteiger charge is -2.09. The summed E-state index contributed by atoms with van der Waals surface area (Å²) in [6.07, 6.45) is 0.446. The smallest absolute Gasteiger partial charge is 0.406 e. The van der Waals surface area contributed by atoms with Crippen molar-refractivity contribution in [2.75, 3.05) is 5.32 Å². The highest BCUT2D eigenvalue weighted by atomic mass is 19.4. The van der Waals surface area contributed by atoms with Crippen molar-refractivity contribution in [2.24, 2.45) is 0 Å². The number of rotatable bonds is 4. The first-order chi connectivity index (χ1) is 12.9. The molecule has 1 aromatic carbocycles. The summed E-state index contributed by atoms with van der Waals surface area (Å²) in [5, 5.41) is 3.00. The Hall–Kier alpha value is -3.56. The maximum atomic E-state index is 12.2. The van der Waals surface area contributed by atoms with Gasteiger partial charge in [-0.25, -0.2) is 15.0 Å². The standard InChI is InChI=1S/C17H13F3N6O/c1-10-14(26-8-2-7-21-16(26)23-10)13-9-22-15(25-13)24-11-3-5-12(6-4-11)27-17(18,19)20/h2-9H,1H3,(H2,22,24,25). The van der Waals surface area contributed by atoms with E-state index in [1.807, 2.05) is 17.5 Å². The maximum Gasteiger partial charge on any atom is 0.573 e. The van der Waals surface area contributed by atoms with Gasteiger partial charge in [-0.3, -0.25) is 4.40 Å². The van der Waals surface area contributed by atoms with Crippen molar-refractivity contribution in [1.82, 2.24) is 24.3 Å². The lowest BCUT2D eigenvalue weighted by atomic mass is 10.3. The van der Waals surface area contributed by atoms with Crippen molar-refractivity contribution in [3.8, 4) is 17.1 Å². The number of nitrogens with one attached hydrogen (secondary N) is 2. The Kier molecular flexibility index (Phi) is 3.94. The first-order valence-corrected chi connectivity index (χ1v) is 7.87. The maximum absolute atomic E-state index is 12.2. The number of ether oxygens (including phenoxy) is 1. The molecule has 0 spiro atoms. The van der Waals surface area contributed by atoms with Gasteiger partial charge in [-0.1, -0.05) is 0 Å². The second kappa shape index (κ2) is 6.31. The molecule has 0 saturated heterocycles. The molecule has 3 heterocycles. The summed E-state index contributed by atoms with van der Waals surface area (Å²) in [6.45, 7) is 1.87. The van der Waals surface area contributed by atoms with E-state index in [0.717, 1.165) is 17.1 Å². The number of anilines is 2. The van der Waals surface area contributed by atoms with Gasteiger partial charge in [-0.15, -0.1) is 13.2 Å². The molecule has 138 valence electrons. The highest BCUT2D eigenvalue weighted by molar-refractivity contribution is 5.65. The van der Waals surface area contributed by atoms with Gasteiger partial charge in [0.1, 0.15) is 5.75 Å². The number of alkyl halides is 3. The van der Waals surface area contributed by atoms with Gasteiger partial charge in [0.15, 0.2) is 0 Å².